The van der Waals surface area contributed by atoms with Crippen molar-refractivity contribution >= 4 is 9.84 Å². The Morgan fingerprint density at radius 2 is 1.95 bits per heavy atom. The second-order valence-electron chi connectivity index (χ2n) is 4.79. The summed E-state index contributed by atoms with van der Waals surface area (Å²) < 4.78 is 35.3. The highest BCUT2D eigenvalue weighted by Gasteiger charge is 2.17. The van der Waals surface area contributed by atoms with Crippen LogP contribution < -0.4 is 9.47 Å². The van der Waals surface area contributed by atoms with Crippen LogP contribution in [0.5, 0.6) is 11.5 Å². The summed E-state index contributed by atoms with van der Waals surface area (Å²) in [6.45, 7) is 2.62. The lowest BCUT2D eigenvalue weighted by Gasteiger charge is -2.08. The Hall–Kier alpha value is -2.08. The van der Waals surface area contributed by atoms with Gasteiger partial charge in [-0.1, -0.05) is 19.1 Å². The zero-order chi connectivity index (χ0) is 16.0. The molecule has 1 aromatic carbocycles. The van der Waals surface area contributed by atoms with Crippen LogP contribution in [-0.2, 0) is 15.6 Å². The van der Waals surface area contributed by atoms with Crippen LogP contribution in [0.2, 0.25) is 0 Å². The highest BCUT2D eigenvalue weighted by molar-refractivity contribution is 7.90. The summed E-state index contributed by atoms with van der Waals surface area (Å²) in [4.78, 5) is 3.95. The Labute approximate surface area is 130 Å². The minimum Gasteiger partial charge on any atom is -0.495 e. The Bertz CT molecular complexity index is 711. The van der Waals surface area contributed by atoms with Crippen LogP contribution in [0.25, 0.3) is 0 Å². The van der Waals surface area contributed by atoms with Gasteiger partial charge in [0.05, 0.1) is 25.7 Å². The number of aromatic nitrogens is 1. The van der Waals surface area contributed by atoms with Crippen LogP contribution >= 0.6 is 0 Å². The van der Waals surface area contributed by atoms with E-state index in [2.05, 4.69) is 4.98 Å². The summed E-state index contributed by atoms with van der Waals surface area (Å²) in [5.74, 6) is 1.08. The van der Waals surface area contributed by atoms with Crippen molar-refractivity contribution < 1.29 is 17.9 Å². The predicted molar refractivity (Wildman–Crippen MR) is 83.9 cm³/mol. The number of hydrogen-bond acceptors (Lipinski definition) is 5. The lowest BCUT2D eigenvalue weighted by atomic mass is 10.2. The molecular weight excluding hydrogens is 302 g/mol. The van der Waals surface area contributed by atoms with E-state index in [-0.39, 0.29) is 10.8 Å². The SMILES string of the molecule is CCCOc1cccc(CS(=O)(=O)c2ccc(OC)cn2)c1. The molecule has 0 fully saturated rings. The van der Waals surface area contributed by atoms with Crippen LogP contribution in [-0.4, -0.2) is 27.1 Å². The van der Waals surface area contributed by atoms with Gasteiger partial charge in [0.25, 0.3) is 0 Å². The third-order valence-corrected chi connectivity index (χ3v) is 4.58. The summed E-state index contributed by atoms with van der Waals surface area (Å²) in [6, 6.07) is 10.2. The quantitative estimate of drug-likeness (QED) is 0.784. The number of hydrogen-bond donors (Lipinski definition) is 0. The average molecular weight is 321 g/mol. The molecule has 5 nitrogen and oxygen atoms in total. The molecule has 2 rings (SSSR count). The maximum Gasteiger partial charge on any atom is 0.199 e. The van der Waals surface area contributed by atoms with Crippen LogP contribution in [0.1, 0.15) is 18.9 Å². The van der Waals surface area contributed by atoms with Gasteiger partial charge in [0, 0.05) is 0 Å². The van der Waals surface area contributed by atoms with E-state index in [9.17, 15) is 8.42 Å². The van der Waals surface area contributed by atoms with Crippen LogP contribution in [0.4, 0.5) is 0 Å². The third-order valence-electron chi connectivity index (χ3n) is 2.99. The molecule has 0 amide bonds. The van der Waals surface area contributed by atoms with Gasteiger partial charge in [-0.25, -0.2) is 13.4 Å². The van der Waals surface area contributed by atoms with E-state index in [0.717, 1.165) is 6.42 Å². The zero-order valence-electron chi connectivity index (χ0n) is 12.7. The van der Waals surface area contributed by atoms with Gasteiger partial charge < -0.3 is 9.47 Å². The minimum atomic E-state index is -3.50. The summed E-state index contributed by atoms with van der Waals surface area (Å²) in [5, 5.41) is 0.0354. The van der Waals surface area contributed by atoms with Crippen molar-refractivity contribution in [2.75, 3.05) is 13.7 Å². The second kappa shape index (κ2) is 7.26. The number of pyridine rings is 1. The zero-order valence-corrected chi connectivity index (χ0v) is 13.5. The molecule has 1 heterocycles. The molecule has 0 N–H and O–H groups in total. The summed E-state index contributed by atoms with van der Waals surface area (Å²) in [7, 11) is -1.99. The molecule has 0 spiro atoms. The van der Waals surface area contributed by atoms with Gasteiger partial charge >= 0.3 is 0 Å². The topological polar surface area (TPSA) is 65.5 Å². The molecular formula is C16H19NO4S. The first-order valence-electron chi connectivity index (χ1n) is 6.99. The standard InChI is InChI=1S/C16H19NO4S/c1-3-9-21-14-6-4-5-13(10-14)12-22(18,19)16-8-7-15(20-2)11-17-16/h4-8,10-11H,3,9,12H2,1-2H3. The molecule has 0 saturated carbocycles. The lowest BCUT2D eigenvalue weighted by Crippen LogP contribution is -2.07. The van der Waals surface area contributed by atoms with Gasteiger partial charge in [-0.2, -0.15) is 0 Å². The van der Waals surface area contributed by atoms with E-state index in [0.29, 0.717) is 23.7 Å². The number of benzene rings is 1. The molecule has 0 aliphatic carbocycles. The van der Waals surface area contributed by atoms with Gasteiger partial charge in [-0.3, -0.25) is 0 Å². The first-order chi connectivity index (χ1) is 10.5. The van der Waals surface area contributed by atoms with E-state index < -0.39 is 9.84 Å². The minimum absolute atomic E-state index is 0.0354. The fourth-order valence-electron chi connectivity index (χ4n) is 1.91. The van der Waals surface area contributed by atoms with E-state index in [4.69, 9.17) is 9.47 Å². The van der Waals surface area contributed by atoms with E-state index in [1.807, 2.05) is 13.0 Å². The fraction of sp³-hybridized carbons (Fsp3) is 0.312. The van der Waals surface area contributed by atoms with Gasteiger partial charge in [-0.05, 0) is 36.2 Å². The first kappa shape index (κ1) is 16.3. The predicted octanol–water partition coefficient (Wildman–Crippen LogP) is 2.85. The van der Waals surface area contributed by atoms with Crippen molar-refractivity contribution in [1.82, 2.24) is 4.98 Å². The normalized spacial score (nSPS) is 11.2. The Morgan fingerprint density at radius 3 is 2.59 bits per heavy atom. The van der Waals surface area contributed by atoms with E-state index in [1.54, 1.807) is 24.3 Å². The molecule has 1 aromatic heterocycles. The number of nitrogens with zero attached hydrogens (tertiary/aromatic N) is 1. The number of sulfone groups is 1. The molecule has 2 aromatic rings. The molecule has 0 aliphatic rings. The molecule has 0 bridgehead atoms. The summed E-state index contributed by atoms with van der Waals surface area (Å²) in [5.41, 5.74) is 0.672. The first-order valence-corrected chi connectivity index (χ1v) is 8.65. The van der Waals surface area contributed by atoms with Crippen molar-refractivity contribution in [2.45, 2.75) is 24.1 Å². The van der Waals surface area contributed by atoms with Gasteiger partial charge in [0.15, 0.2) is 14.9 Å². The maximum atomic E-state index is 12.4. The number of rotatable bonds is 7. The van der Waals surface area contributed by atoms with Crippen molar-refractivity contribution in [3.63, 3.8) is 0 Å². The second-order valence-corrected chi connectivity index (χ2v) is 6.73. The molecule has 0 saturated heterocycles. The molecule has 22 heavy (non-hydrogen) atoms. The van der Waals surface area contributed by atoms with Crippen molar-refractivity contribution in [1.29, 1.82) is 0 Å². The maximum absolute atomic E-state index is 12.4. The van der Waals surface area contributed by atoms with Crippen LogP contribution in [0, 0.1) is 0 Å². The highest BCUT2D eigenvalue weighted by Crippen LogP contribution is 2.20. The third kappa shape index (κ3) is 4.21. The Balaban J connectivity index is 2.17. The smallest absolute Gasteiger partial charge is 0.199 e. The molecule has 0 radical (unpaired) electrons. The van der Waals surface area contributed by atoms with Gasteiger partial charge in [0.2, 0.25) is 0 Å². The fourth-order valence-corrected chi connectivity index (χ4v) is 3.16. The lowest BCUT2D eigenvalue weighted by molar-refractivity contribution is 0.317. The summed E-state index contributed by atoms with van der Waals surface area (Å²) in [6.07, 6.45) is 2.30. The van der Waals surface area contributed by atoms with Crippen molar-refractivity contribution in [3.8, 4) is 11.5 Å². The van der Waals surface area contributed by atoms with E-state index in [1.165, 1.54) is 19.4 Å². The Morgan fingerprint density at radius 1 is 1.14 bits per heavy atom. The molecule has 0 aliphatic heterocycles. The molecule has 6 heteroatoms. The largest absolute Gasteiger partial charge is 0.495 e. The summed E-state index contributed by atoms with van der Waals surface area (Å²) >= 11 is 0. The van der Waals surface area contributed by atoms with Crippen molar-refractivity contribution in [2.24, 2.45) is 0 Å². The molecule has 118 valence electrons. The van der Waals surface area contributed by atoms with E-state index >= 15 is 0 Å². The monoisotopic (exact) mass is 321 g/mol. The number of methoxy groups -OCH3 is 1. The van der Waals surface area contributed by atoms with Crippen LogP contribution in [0.3, 0.4) is 0 Å². The van der Waals surface area contributed by atoms with Crippen molar-refractivity contribution in [3.05, 3.63) is 48.2 Å². The van der Waals surface area contributed by atoms with Gasteiger partial charge in [0.1, 0.15) is 11.5 Å². The average Bonchev–Trinajstić information content (AvgIpc) is 2.53. The number of ether oxygens (including phenoxy) is 2. The van der Waals surface area contributed by atoms with Gasteiger partial charge in [-0.15, -0.1) is 0 Å². The van der Waals surface area contributed by atoms with Crippen LogP contribution in [0.15, 0.2) is 47.6 Å². The Kier molecular flexibility index (Phi) is 5.38. The molecule has 0 atom stereocenters. The highest BCUT2D eigenvalue weighted by atomic mass is 32.2. The molecule has 0 unspecified atom stereocenters.